The monoisotopic (exact) mass is 295 g/mol. The summed E-state index contributed by atoms with van der Waals surface area (Å²) in [5.74, 6) is -0.166. The minimum absolute atomic E-state index is 0.0605. The Balaban J connectivity index is 2.11. The van der Waals surface area contributed by atoms with Crippen molar-refractivity contribution in [2.75, 3.05) is 5.75 Å². The fourth-order valence-electron chi connectivity index (χ4n) is 2.71. The number of hydrogen-bond donors (Lipinski definition) is 1. The van der Waals surface area contributed by atoms with E-state index in [-0.39, 0.29) is 11.2 Å². The van der Waals surface area contributed by atoms with Crippen LogP contribution in [0.2, 0.25) is 0 Å². The first kappa shape index (κ1) is 15.2. The normalized spacial score (nSPS) is 16.9. The second kappa shape index (κ2) is 5.30. The summed E-state index contributed by atoms with van der Waals surface area (Å²) in [6.45, 7) is 6.38. The van der Waals surface area contributed by atoms with Gasteiger partial charge in [0.25, 0.3) is 10.1 Å². The lowest BCUT2D eigenvalue weighted by Gasteiger charge is -2.23. The zero-order chi connectivity index (χ0) is 15.0. The highest BCUT2D eigenvalue weighted by atomic mass is 32.2. The first-order chi connectivity index (χ1) is 9.22. The molecule has 0 bridgehead atoms. The molecule has 1 aromatic rings. The number of unbranched alkanes of at least 4 members (excludes halogenated alkanes) is 1. The summed E-state index contributed by atoms with van der Waals surface area (Å²) >= 11 is 0. The predicted octanol–water partition coefficient (Wildman–Crippen LogP) is 3.28. The molecule has 0 spiro atoms. The van der Waals surface area contributed by atoms with Crippen LogP contribution in [0.5, 0.6) is 0 Å². The molecule has 1 aromatic carbocycles. The molecule has 0 saturated heterocycles. The highest BCUT2D eigenvalue weighted by Gasteiger charge is 2.33. The molecule has 0 atom stereocenters. The average Bonchev–Trinajstić information content (AvgIpc) is 2.55. The Morgan fingerprint density at radius 1 is 1.25 bits per heavy atom. The second-order valence-corrected chi connectivity index (χ2v) is 7.45. The van der Waals surface area contributed by atoms with Gasteiger partial charge in [-0.15, -0.1) is 0 Å². The number of benzene rings is 1. The number of fused-ring (bicyclic) bond motifs is 1. The van der Waals surface area contributed by atoms with Crippen LogP contribution in [0.25, 0.3) is 0 Å². The molecule has 0 fully saturated rings. The molecule has 0 unspecified atom stereocenters. The van der Waals surface area contributed by atoms with Gasteiger partial charge in [-0.1, -0.05) is 26.0 Å². The molecular weight excluding hydrogens is 274 g/mol. The summed E-state index contributed by atoms with van der Waals surface area (Å²) in [6.07, 6.45) is 2.03. The van der Waals surface area contributed by atoms with E-state index in [4.69, 9.17) is 4.55 Å². The quantitative estimate of drug-likeness (QED) is 0.669. The second-order valence-electron chi connectivity index (χ2n) is 5.88. The minimum Gasteiger partial charge on any atom is -0.286 e. The molecule has 20 heavy (non-hydrogen) atoms. The van der Waals surface area contributed by atoms with Crippen LogP contribution in [0.3, 0.4) is 0 Å². The third kappa shape index (κ3) is 3.10. The molecule has 0 aliphatic carbocycles. The van der Waals surface area contributed by atoms with Crippen LogP contribution in [0, 0.1) is 0 Å². The average molecular weight is 295 g/mol. The summed E-state index contributed by atoms with van der Waals surface area (Å²) in [6, 6.07) is 6.10. The Morgan fingerprint density at radius 3 is 2.60 bits per heavy atom. The first-order valence-electron chi connectivity index (χ1n) is 6.85. The lowest BCUT2D eigenvalue weighted by molar-refractivity contribution is 0.480. The topological polar surface area (TPSA) is 66.7 Å². The van der Waals surface area contributed by atoms with Crippen LogP contribution in [-0.2, 0) is 22.0 Å². The van der Waals surface area contributed by atoms with Crippen molar-refractivity contribution in [2.45, 2.75) is 45.4 Å². The van der Waals surface area contributed by atoms with Gasteiger partial charge in [-0.25, -0.2) is 0 Å². The van der Waals surface area contributed by atoms with Gasteiger partial charge in [-0.2, -0.15) is 8.42 Å². The van der Waals surface area contributed by atoms with E-state index in [1.807, 2.05) is 19.1 Å². The zero-order valence-electron chi connectivity index (χ0n) is 12.2. The molecule has 0 radical (unpaired) electrons. The standard InChI is InChI=1S/C15H21NO3S/c1-11-15(2,3)14-12(8-6-9-13(14)16-11)7-4-5-10-20(17,18)19/h6,8-9H,4-5,7,10H2,1-3H3,(H,17,18,19). The van der Waals surface area contributed by atoms with Crippen LogP contribution >= 0.6 is 0 Å². The Hall–Kier alpha value is -1.20. The van der Waals surface area contributed by atoms with Crippen molar-refractivity contribution < 1.29 is 13.0 Å². The number of aryl methyl sites for hydroxylation is 1. The highest BCUT2D eigenvalue weighted by Crippen LogP contribution is 2.42. The SMILES string of the molecule is CC1=Nc2cccc(CCCCS(=O)(=O)O)c2C1(C)C. The van der Waals surface area contributed by atoms with E-state index in [1.165, 1.54) is 11.1 Å². The van der Waals surface area contributed by atoms with E-state index in [0.29, 0.717) is 6.42 Å². The number of aliphatic imine (C=N–C) groups is 1. The summed E-state index contributed by atoms with van der Waals surface area (Å²) in [7, 11) is -3.84. The van der Waals surface area contributed by atoms with Crippen molar-refractivity contribution in [3.63, 3.8) is 0 Å². The third-order valence-electron chi connectivity index (χ3n) is 4.04. The van der Waals surface area contributed by atoms with Crippen LogP contribution < -0.4 is 0 Å². The van der Waals surface area contributed by atoms with Crippen LogP contribution in [0.4, 0.5) is 5.69 Å². The van der Waals surface area contributed by atoms with Crippen LogP contribution in [0.15, 0.2) is 23.2 Å². The van der Waals surface area contributed by atoms with E-state index in [0.717, 1.165) is 24.2 Å². The molecule has 1 aliphatic heterocycles. The fraction of sp³-hybridized carbons (Fsp3) is 0.533. The molecule has 0 saturated carbocycles. The van der Waals surface area contributed by atoms with Crippen molar-refractivity contribution in [2.24, 2.45) is 4.99 Å². The molecular formula is C15H21NO3S. The number of rotatable bonds is 5. The maximum Gasteiger partial charge on any atom is 0.264 e. The maximum absolute atomic E-state index is 10.7. The molecule has 1 aliphatic rings. The van der Waals surface area contributed by atoms with Crippen molar-refractivity contribution in [3.05, 3.63) is 29.3 Å². The summed E-state index contributed by atoms with van der Waals surface area (Å²) in [4.78, 5) is 4.61. The van der Waals surface area contributed by atoms with Gasteiger partial charge in [0.15, 0.2) is 0 Å². The highest BCUT2D eigenvalue weighted by molar-refractivity contribution is 7.85. The molecule has 4 nitrogen and oxygen atoms in total. The van der Waals surface area contributed by atoms with Gasteiger partial charge in [0, 0.05) is 11.1 Å². The molecule has 0 aromatic heterocycles. The maximum atomic E-state index is 10.7. The van der Waals surface area contributed by atoms with E-state index in [2.05, 4.69) is 24.9 Å². The van der Waals surface area contributed by atoms with Gasteiger partial charge >= 0.3 is 0 Å². The Bertz CT molecular complexity index is 645. The molecule has 1 N–H and O–H groups in total. The van der Waals surface area contributed by atoms with Crippen molar-refractivity contribution in [1.82, 2.24) is 0 Å². The van der Waals surface area contributed by atoms with Gasteiger partial charge in [-0.3, -0.25) is 9.55 Å². The molecule has 2 rings (SSSR count). The first-order valence-corrected chi connectivity index (χ1v) is 8.46. The van der Waals surface area contributed by atoms with Crippen LogP contribution in [0.1, 0.15) is 44.7 Å². The summed E-state index contributed by atoms with van der Waals surface area (Å²) in [5, 5.41) is 0. The molecule has 110 valence electrons. The van der Waals surface area contributed by atoms with Crippen LogP contribution in [-0.4, -0.2) is 24.4 Å². The molecule has 1 heterocycles. The Morgan fingerprint density at radius 2 is 1.95 bits per heavy atom. The molecule has 0 amide bonds. The van der Waals surface area contributed by atoms with E-state index < -0.39 is 10.1 Å². The smallest absolute Gasteiger partial charge is 0.264 e. The summed E-state index contributed by atoms with van der Waals surface area (Å²) in [5.41, 5.74) is 4.56. The number of hydrogen-bond acceptors (Lipinski definition) is 3. The van der Waals surface area contributed by atoms with Gasteiger partial charge in [-0.05, 0) is 43.4 Å². The Kier molecular flexibility index (Phi) is 4.02. The van der Waals surface area contributed by atoms with Gasteiger partial charge in [0.05, 0.1) is 11.4 Å². The minimum atomic E-state index is -3.84. The van der Waals surface area contributed by atoms with Crippen molar-refractivity contribution in [1.29, 1.82) is 0 Å². The van der Waals surface area contributed by atoms with E-state index >= 15 is 0 Å². The third-order valence-corrected chi connectivity index (χ3v) is 4.85. The van der Waals surface area contributed by atoms with E-state index in [9.17, 15) is 8.42 Å². The zero-order valence-corrected chi connectivity index (χ0v) is 13.0. The predicted molar refractivity (Wildman–Crippen MR) is 81.6 cm³/mol. The lowest BCUT2D eigenvalue weighted by atomic mass is 9.79. The molecule has 5 heteroatoms. The van der Waals surface area contributed by atoms with E-state index in [1.54, 1.807) is 0 Å². The number of nitrogens with zero attached hydrogens (tertiary/aromatic N) is 1. The van der Waals surface area contributed by atoms with Crippen molar-refractivity contribution >= 4 is 21.5 Å². The van der Waals surface area contributed by atoms with Gasteiger partial charge in [0.1, 0.15) is 0 Å². The van der Waals surface area contributed by atoms with Crippen molar-refractivity contribution in [3.8, 4) is 0 Å². The lowest BCUT2D eigenvalue weighted by Crippen LogP contribution is -2.24. The van der Waals surface area contributed by atoms with Gasteiger partial charge < -0.3 is 0 Å². The fourth-order valence-corrected chi connectivity index (χ4v) is 3.28. The Labute approximate surface area is 120 Å². The van der Waals surface area contributed by atoms with Gasteiger partial charge in [0.2, 0.25) is 0 Å². The largest absolute Gasteiger partial charge is 0.286 e. The summed E-state index contributed by atoms with van der Waals surface area (Å²) < 4.78 is 30.2.